The van der Waals surface area contributed by atoms with Gasteiger partial charge in [0, 0.05) is 6.04 Å². The minimum atomic E-state index is -3.30. The van der Waals surface area contributed by atoms with E-state index in [9.17, 15) is 13.2 Å². The van der Waals surface area contributed by atoms with E-state index in [1.54, 1.807) is 4.31 Å². The Morgan fingerprint density at radius 3 is 2.48 bits per heavy atom. The van der Waals surface area contributed by atoms with Crippen LogP contribution in [0.5, 0.6) is 0 Å². The van der Waals surface area contributed by atoms with Crippen molar-refractivity contribution in [2.45, 2.75) is 44.4 Å². The lowest BCUT2D eigenvalue weighted by Gasteiger charge is -2.33. The zero-order chi connectivity index (χ0) is 19.3. The molecule has 27 heavy (non-hydrogen) atoms. The molecule has 7 heteroatoms. The summed E-state index contributed by atoms with van der Waals surface area (Å²) < 4.78 is 26.8. The molecule has 2 fully saturated rings. The number of nitrogens with zero attached hydrogens (tertiary/aromatic N) is 1. The average Bonchev–Trinajstić information content (AvgIpc) is 2.64. The highest BCUT2D eigenvalue weighted by atomic mass is 32.2. The third kappa shape index (κ3) is 5.77. The molecule has 1 amide bonds. The minimum Gasteiger partial charge on any atom is -0.348 e. The van der Waals surface area contributed by atoms with E-state index < -0.39 is 10.0 Å². The predicted octanol–water partition coefficient (Wildman–Crippen LogP) is 0.412. The maximum atomic E-state index is 12.6. The van der Waals surface area contributed by atoms with Gasteiger partial charge in [-0.1, -0.05) is 50.1 Å². The van der Waals surface area contributed by atoms with Gasteiger partial charge < -0.3 is 10.2 Å². The molecule has 1 aromatic rings. The topological polar surface area (TPSA) is 70.9 Å². The molecule has 1 saturated carbocycles. The quantitative estimate of drug-likeness (QED) is 0.734. The average molecular weight is 395 g/mol. The number of rotatable bonds is 6. The van der Waals surface area contributed by atoms with E-state index >= 15 is 0 Å². The summed E-state index contributed by atoms with van der Waals surface area (Å²) in [6.45, 7) is 4.99. The van der Waals surface area contributed by atoms with Crippen LogP contribution in [0.4, 0.5) is 0 Å². The molecule has 3 rings (SSSR count). The van der Waals surface area contributed by atoms with Gasteiger partial charge in [0.25, 0.3) is 5.91 Å². The Balaban J connectivity index is 1.45. The van der Waals surface area contributed by atoms with E-state index in [-0.39, 0.29) is 11.7 Å². The van der Waals surface area contributed by atoms with Gasteiger partial charge in [-0.2, -0.15) is 4.31 Å². The molecule has 2 N–H and O–H groups in total. The number of hydrogen-bond acceptors (Lipinski definition) is 3. The molecule has 1 aliphatic carbocycles. The number of nitrogens with one attached hydrogen (secondary N) is 2. The van der Waals surface area contributed by atoms with Crippen LogP contribution < -0.4 is 10.2 Å². The lowest BCUT2D eigenvalue weighted by Crippen LogP contribution is -3.15. The fourth-order valence-electron chi connectivity index (χ4n) is 4.15. The molecule has 6 nitrogen and oxygen atoms in total. The van der Waals surface area contributed by atoms with Gasteiger partial charge in [0.2, 0.25) is 10.0 Å². The van der Waals surface area contributed by atoms with Gasteiger partial charge in [0.15, 0.2) is 6.54 Å². The van der Waals surface area contributed by atoms with Gasteiger partial charge in [0.1, 0.15) is 0 Å². The highest BCUT2D eigenvalue weighted by molar-refractivity contribution is 7.88. The number of sulfonamides is 1. The molecule has 1 aromatic carbocycles. The Morgan fingerprint density at radius 1 is 1.15 bits per heavy atom. The van der Waals surface area contributed by atoms with E-state index in [2.05, 4.69) is 12.2 Å². The molecule has 1 heterocycles. The van der Waals surface area contributed by atoms with Crippen LogP contribution in [0.15, 0.2) is 30.3 Å². The number of piperazine rings is 1. The number of amides is 1. The second kappa shape index (κ2) is 9.17. The second-order valence-corrected chi connectivity index (χ2v) is 9.97. The summed E-state index contributed by atoms with van der Waals surface area (Å²) in [6.07, 6.45) is 4.72. The molecular weight excluding hydrogens is 362 g/mol. The highest BCUT2D eigenvalue weighted by Gasteiger charge is 2.31. The Hall–Kier alpha value is -1.44. The molecule has 0 spiro atoms. The standard InChI is InChI=1S/C20H31N3O3S/c1-17-7-5-6-10-19(17)21-20(24)15-22-11-13-23(14-12-22)27(25,26)16-18-8-3-2-4-9-18/h2-4,8-9,17,19H,5-7,10-16H2,1H3,(H,21,24)/p+1/t17-,19+/m1/s1. The van der Waals surface area contributed by atoms with Crippen molar-refractivity contribution < 1.29 is 18.1 Å². The molecule has 2 aliphatic rings. The van der Waals surface area contributed by atoms with Crippen LogP contribution in [-0.4, -0.2) is 57.4 Å². The van der Waals surface area contributed by atoms with Gasteiger partial charge in [0.05, 0.1) is 31.9 Å². The van der Waals surface area contributed by atoms with Crippen molar-refractivity contribution >= 4 is 15.9 Å². The Bertz CT molecular complexity index is 715. The van der Waals surface area contributed by atoms with Crippen LogP contribution in [-0.2, 0) is 20.6 Å². The van der Waals surface area contributed by atoms with E-state index in [0.29, 0.717) is 44.7 Å². The molecule has 150 valence electrons. The summed E-state index contributed by atoms with van der Waals surface area (Å²) in [5.74, 6) is 0.700. The van der Waals surface area contributed by atoms with Crippen molar-refractivity contribution in [2.24, 2.45) is 5.92 Å². The molecule has 0 unspecified atom stereocenters. The predicted molar refractivity (Wildman–Crippen MR) is 106 cm³/mol. The van der Waals surface area contributed by atoms with Crippen molar-refractivity contribution in [3.8, 4) is 0 Å². The summed E-state index contributed by atoms with van der Waals surface area (Å²) >= 11 is 0. The van der Waals surface area contributed by atoms with Crippen molar-refractivity contribution in [2.75, 3.05) is 32.7 Å². The summed E-state index contributed by atoms with van der Waals surface area (Å²) in [4.78, 5) is 13.5. The lowest BCUT2D eigenvalue weighted by molar-refractivity contribution is -0.895. The van der Waals surface area contributed by atoms with Crippen LogP contribution >= 0.6 is 0 Å². The third-order valence-corrected chi connectivity index (χ3v) is 7.73. The maximum absolute atomic E-state index is 12.6. The fourth-order valence-corrected chi connectivity index (χ4v) is 5.68. The minimum absolute atomic E-state index is 0.0449. The first kappa shape index (κ1) is 20.3. The monoisotopic (exact) mass is 394 g/mol. The highest BCUT2D eigenvalue weighted by Crippen LogP contribution is 2.23. The molecule has 0 aromatic heterocycles. The molecule has 0 bridgehead atoms. The van der Waals surface area contributed by atoms with Gasteiger partial charge in [-0.05, 0) is 24.3 Å². The van der Waals surface area contributed by atoms with E-state index in [1.165, 1.54) is 24.2 Å². The van der Waals surface area contributed by atoms with Gasteiger partial charge in [-0.25, -0.2) is 8.42 Å². The normalized spacial score (nSPS) is 25.2. The Morgan fingerprint density at radius 2 is 1.81 bits per heavy atom. The first-order chi connectivity index (χ1) is 12.9. The zero-order valence-corrected chi connectivity index (χ0v) is 17.0. The smallest absolute Gasteiger partial charge is 0.275 e. The maximum Gasteiger partial charge on any atom is 0.275 e. The Kier molecular flexibility index (Phi) is 6.89. The number of quaternary nitrogens is 1. The van der Waals surface area contributed by atoms with E-state index in [4.69, 9.17) is 0 Å². The van der Waals surface area contributed by atoms with Crippen molar-refractivity contribution in [1.29, 1.82) is 0 Å². The third-order valence-electron chi connectivity index (χ3n) is 5.88. The molecule has 1 aliphatic heterocycles. The van der Waals surface area contributed by atoms with Crippen molar-refractivity contribution in [3.05, 3.63) is 35.9 Å². The molecular formula is C20H32N3O3S+. The van der Waals surface area contributed by atoms with Crippen molar-refractivity contribution in [1.82, 2.24) is 9.62 Å². The lowest BCUT2D eigenvalue weighted by atomic mass is 9.86. The number of carbonyl (C=O) groups is 1. The molecule has 0 radical (unpaired) electrons. The Labute approximate surface area is 163 Å². The van der Waals surface area contributed by atoms with Crippen LogP contribution in [0.1, 0.15) is 38.2 Å². The van der Waals surface area contributed by atoms with Crippen LogP contribution in [0.25, 0.3) is 0 Å². The SMILES string of the molecule is C[C@@H]1CCCC[C@@H]1NC(=O)C[NH+]1CCN(S(=O)(=O)Cc2ccccc2)CC1. The van der Waals surface area contributed by atoms with Crippen LogP contribution in [0, 0.1) is 5.92 Å². The summed E-state index contributed by atoms with van der Waals surface area (Å²) in [5, 5.41) is 3.20. The first-order valence-electron chi connectivity index (χ1n) is 10.1. The molecule has 1 saturated heterocycles. The number of carbonyl (C=O) groups excluding carboxylic acids is 1. The van der Waals surface area contributed by atoms with Crippen LogP contribution in [0.2, 0.25) is 0 Å². The number of hydrogen-bond donors (Lipinski definition) is 2. The molecule has 2 atom stereocenters. The van der Waals surface area contributed by atoms with Gasteiger partial charge in [-0.3, -0.25) is 4.79 Å². The summed E-state index contributed by atoms with van der Waals surface area (Å²) in [6, 6.07) is 9.60. The fraction of sp³-hybridized carbons (Fsp3) is 0.650. The van der Waals surface area contributed by atoms with Crippen molar-refractivity contribution in [3.63, 3.8) is 0 Å². The van der Waals surface area contributed by atoms with Crippen LogP contribution in [0.3, 0.4) is 0 Å². The summed E-state index contributed by atoms with van der Waals surface area (Å²) in [7, 11) is -3.30. The van der Waals surface area contributed by atoms with Gasteiger partial charge >= 0.3 is 0 Å². The summed E-state index contributed by atoms with van der Waals surface area (Å²) in [5.41, 5.74) is 0.813. The van der Waals surface area contributed by atoms with E-state index in [0.717, 1.165) is 12.0 Å². The first-order valence-corrected chi connectivity index (χ1v) is 11.7. The van der Waals surface area contributed by atoms with E-state index in [1.807, 2.05) is 30.3 Å². The second-order valence-electron chi connectivity index (χ2n) is 8.00. The largest absolute Gasteiger partial charge is 0.348 e. The van der Waals surface area contributed by atoms with Gasteiger partial charge in [-0.15, -0.1) is 0 Å². The number of benzene rings is 1. The zero-order valence-electron chi connectivity index (χ0n) is 16.2.